The van der Waals surface area contributed by atoms with Gasteiger partial charge in [-0.1, -0.05) is 25.1 Å². The first-order chi connectivity index (χ1) is 9.04. The molecule has 0 aromatic heterocycles. The molecule has 1 aliphatic rings. The molecule has 0 unspecified atom stereocenters. The summed E-state index contributed by atoms with van der Waals surface area (Å²) in [4.78, 5) is 11.1. The molecule has 0 atom stereocenters. The molecular formula is C13H18N2O3S. The summed E-state index contributed by atoms with van der Waals surface area (Å²) in [5.74, 6) is -0.190. The molecule has 0 bridgehead atoms. The standard InChI is InChI=1S/C13H18N2O3S/c1-2-13(16)14-8-10-19(17,18)15-9-7-11-5-3-4-6-12(11)15/h3-6H,2,7-10H2,1H3,(H,14,16). The van der Waals surface area contributed by atoms with Gasteiger partial charge in [0, 0.05) is 19.5 Å². The Balaban J connectivity index is 2.04. The first-order valence-corrected chi connectivity index (χ1v) is 8.00. The zero-order valence-corrected chi connectivity index (χ0v) is 11.7. The molecule has 1 aliphatic heterocycles. The van der Waals surface area contributed by atoms with Crippen molar-refractivity contribution in [1.82, 2.24) is 5.32 Å². The Morgan fingerprint density at radius 1 is 1.37 bits per heavy atom. The Morgan fingerprint density at radius 2 is 2.11 bits per heavy atom. The van der Waals surface area contributed by atoms with E-state index in [9.17, 15) is 13.2 Å². The Kier molecular flexibility index (Phi) is 4.09. The van der Waals surface area contributed by atoms with Gasteiger partial charge in [0.15, 0.2) is 0 Å². The average molecular weight is 282 g/mol. The van der Waals surface area contributed by atoms with Gasteiger partial charge in [0.1, 0.15) is 0 Å². The summed E-state index contributed by atoms with van der Waals surface area (Å²) < 4.78 is 25.9. The van der Waals surface area contributed by atoms with Crippen molar-refractivity contribution < 1.29 is 13.2 Å². The molecule has 1 N–H and O–H groups in total. The van der Waals surface area contributed by atoms with E-state index in [4.69, 9.17) is 0 Å². The number of benzene rings is 1. The fourth-order valence-corrected chi connectivity index (χ4v) is 3.58. The van der Waals surface area contributed by atoms with Gasteiger partial charge in [0.2, 0.25) is 15.9 Å². The summed E-state index contributed by atoms with van der Waals surface area (Å²) in [7, 11) is -3.36. The minimum Gasteiger partial charge on any atom is -0.355 e. The SMILES string of the molecule is CCC(=O)NCCS(=O)(=O)N1CCc2ccccc21. The van der Waals surface area contributed by atoms with Gasteiger partial charge in [-0.25, -0.2) is 8.42 Å². The van der Waals surface area contributed by atoms with Crippen molar-refractivity contribution in [3.8, 4) is 0 Å². The third-order valence-corrected chi connectivity index (χ3v) is 4.95. The second-order valence-corrected chi connectivity index (χ2v) is 6.48. The van der Waals surface area contributed by atoms with Gasteiger partial charge in [-0.2, -0.15) is 0 Å². The number of hydrogen-bond donors (Lipinski definition) is 1. The molecule has 19 heavy (non-hydrogen) atoms. The van der Waals surface area contributed by atoms with Gasteiger partial charge >= 0.3 is 0 Å². The maximum atomic E-state index is 12.2. The van der Waals surface area contributed by atoms with Crippen LogP contribution in [0.4, 0.5) is 5.69 Å². The Hall–Kier alpha value is -1.56. The van der Waals surface area contributed by atoms with Crippen LogP contribution in [0.25, 0.3) is 0 Å². The van der Waals surface area contributed by atoms with E-state index >= 15 is 0 Å². The smallest absolute Gasteiger partial charge is 0.236 e. The molecule has 1 aromatic carbocycles. The van der Waals surface area contributed by atoms with Crippen LogP contribution in [0.2, 0.25) is 0 Å². The summed E-state index contributed by atoms with van der Waals surface area (Å²) in [6, 6.07) is 7.52. The van der Waals surface area contributed by atoms with Crippen molar-refractivity contribution >= 4 is 21.6 Å². The number of nitrogens with zero attached hydrogens (tertiary/aromatic N) is 1. The van der Waals surface area contributed by atoms with Crippen molar-refractivity contribution in [2.24, 2.45) is 0 Å². The Bertz CT molecular complexity index is 569. The predicted octanol–water partition coefficient (Wildman–Crippen LogP) is 0.905. The lowest BCUT2D eigenvalue weighted by molar-refractivity contribution is -0.120. The normalized spacial score (nSPS) is 14.3. The first kappa shape index (κ1) is 13.9. The topological polar surface area (TPSA) is 66.5 Å². The number of anilines is 1. The van der Waals surface area contributed by atoms with Gasteiger partial charge in [-0.3, -0.25) is 9.10 Å². The lowest BCUT2D eigenvalue weighted by Crippen LogP contribution is -2.36. The second-order valence-electron chi connectivity index (χ2n) is 4.47. The largest absolute Gasteiger partial charge is 0.355 e. The molecular weight excluding hydrogens is 264 g/mol. The number of para-hydroxylation sites is 1. The molecule has 2 rings (SSSR count). The second kappa shape index (κ2) is 5.61. The molecule has 0 saturated heterocycles. The minimum absolute atomic E-state index is 0.0624. The summed E-state index contributed by atoms with van der Waals surface area (Å²) in [5.41, 5.74) is 1.83. The number of rotatable bonds is 5. The van der Waals surface area contributed by atoms with E-state index in [1.807, 2.05) is 24.3 Å². The van der Waals surface area contributed by atoms with E-state index < -0.39 is 10.0 Å². The van der Waals surface area contributed by atoms with Crippen molar-refractivity contribution in [2.75, 3.05) is 23.1 Å². The van der Waals surface area contributed by atoms with Crippen LogP contribution in [0, 0.1) is 0 Å². The number of fused-ring (bicyclic) bond motifs is 1. The van der Waals surface area contributed by atoms with Crippen LogP contribution in [0.1, 0.15) is 18.9 Å². The van der Waals surface area contributed by atoms with Gasteiger partial charge in [0.05, 0.1) is 11.4 Å². The van der Waals surface area contributed by atoms with Crippen molar-refractivity contribution in [3.63, 3.8) is 0 Å². The average Bonchev–Trinajstić information content (AvgIpc) is 2.82. The van der Waals surface area contributed by atoms with E-state index in [0.717, 1.165) is 17.7 Å². The number of sulfonamides is 1. The molecule has 1 aromatic rings. The van der Waals surface area contributed by atoms with Crippen LogP contribution in [-0.2, 0) is 21.2 Å². The molecule has 0 fully saturated rings. The van der Waals surface area contributed by atoms with Crippen LogP contribution in [0.5, 0.6) is 0 Å². The fourth-order valence-electron chi connectivity index (χ4n) is 2.15. The maximum absolute atomic E-state index is 12.2. The molecule has 6 heteroatoms. The highest BCUT2D eigenvalue weighted by atomic mass is 32.2. The number of carbonyl (C=O) groups excluding carboxylic acids is 1. The number of carbonyl (C=O) groups is 1. The summed E-state index contributed by atoms with van der Waals surface area (Å²) in [6.45, 7) is 2.39. The molecule has 104 valence electrons. The molecule has 1 heterocycles. The number of hydrogen-bond acceptors (Lipinski definition) is 3. The zero-order chi connectivity index (χ0) is 13.9. The zero-order valence-electron chi connectivity index (χ0n) is 10.9. The van der Waals surface area contributed by atoms with Gasteiger partial charge in [-0.05, 0) is 18.1 Å². The number of amides is 1. The molecule has 1 amide bonds. The molecule has 0 aliphatic carbocycles. The van der Waals surface area contributed by atoms with Crippen molar-refractivity contribution in [3.05, 3.63) is 29.8 Å². The van der Waals surface area contributed by atoms with Crippen LogP contribution < -0.4 is 9.62 Å². The monoisotopic (exact) mass is 282 g/mol. The summed E-state index contributed by atoms with van der Waals surface area (Å²) in [5, 5.41) is 2.59. The van der Waals surface area contributed by atoms with Gasteiger partial charge < -0.3 is 5.32 Å². The fraction of sp³-hybridized carbons (Fsp3) is 0.462. The quantitative estimate of drug-likeness (QED) is 0.872. The first-order valence-electron chi connectivity index (χ1n) is 6.39. The summed E-state index contributed by atoms with van der Waals surface area (Å²) >= 11 is 0. The highest BCUT2D eigenvalue weighted by Crippen LogP contribution is 2.29. The van der Waals surface area contributed by atoms with E-state index in [0.29, 0.717) is 13.0 Å². The van der Waals surface area contributed by atoms with E-state index in [-0.39, 0.29) is 18.2 Å². The van der Waals surface area contributed by atoms with Gasteiger partial charge in [-0.15, -0.1) is 0 Å². The third kappa shape index (κ3) is 3.07. The molecule has 5 nitrogen and oxygen atoms in total. The van der Waals surface area contributed by atoms with Crippen LogP contribution in [-0.4, -0.2) is 33.2 Å². The third-order valence-electron chi connectivity index (χ3n) is 3.18. The highest BCUT2D eigenvalue weighted by molar-refractivity contribution is 7.92. The lowest BCUT2D eigenvalue weighted by atomic mass is 10.2. The minimum atomic E-state index is -3.36. The summed E-state index contributed by atoms with van der Waals surface area (Å²) in [6.07, 6.45) is 1.11. The Morgan fingerprint density at radius 3 is 2.84 bits per heavy atom. The molecule has 0 saturated carbocycles. The maximum Gasteiger partial charge on any atom is 0.236 e. The van der Waals surface area contributed by atoms with Gasteiger partial charge in [0.25, 0.3) is 0 Å². The Labute approximate surface area is 113 Å². The molecule has 0 spiro atoms. The van der Waals surface area contributed by atoms with E-state index in [1.54, 1.807) is 6.92 Å². The predicted molar refractivity (Wildman–Crippen MR) is 74.6 cm³/mol. The van der Waals surface area contributed by atoms with E-state index in [1.165, 1.54) is 4.31 Å². The van der Waals surface area contributed by atoms with Crippen LogP contribution in [0.3, 0.4) is 0 Å². The van der Waals surface area contributed by atoms with Crippen LogP contribution >= 0.6 is 0 Å². The van der Waals surface area contributed by atoms with E-state index in [2.05, 4.69) is 5.32 Å². The van der Waals surface area contributed by atoms with Crippen LogP contribution in [0.15, 0.2) is 24.3 Å². The van der Waals surface area contributed by atoms with Crippen molar-refractivity contribution in [2.45, 2.75) is 19.8 Å². The molecule has 0 radical (unpaired) electrons. The van der Waals surface area contributed by atoms with Crippen molar-refractivity contribution in [1.29, 1.82) is 0 Å². The number of nitrogens with one attached hydrogen (secondary N) is 1. The lowest BCUT2D eigenvalue weighted by Gasteiger charge is -2.19. The highest BCUT2D eigenvalue weighted by Gasteiger charge is 2.28.